The maximum atomic E-state index is 5.98. The molecule has 0 bridgehead atoms. The Morgan fingerprint density at radius 1 is 1.39 bits per heavy atom. The van der Waals surface area contributed by atoms with E-state index in [1.54, 1.807) is 7.11 Å². The second kappa shape index (κ2) is 6.45. The van der Waals surface area contributed by atoms with Crippen LogP contribution in [0.3, 0.4) is 0 Å². The van der Waals surface area contributed by atoms with Crippen molar-refractivity contribution in [3.63, 3.8) is 0 Å². The number of hydrogen-bond donors (Lipinski definition) is 1. The van der Waals surface area contributed by atoms with Crippen LogP contribution in [0.25, 0.3) is 0 Å². The second-order valence-electron chi connectivity index (χ2n) is 4.63. The second-order valence-corrected chi connectivity index (χ2v) is 5.85. The van der Waals surface area contributed by atoms with E-state index in [4.69, 9.17) is 10.5 Å². The van der Waals surface area contributed by atoms with Gasteiger partial charge in [-0.3, -0.25) is 4.90 Å². The Morgan fingerprint density at radius 3 is 2.67 bits per heavy atom. The molecule has 100 valence electrons. The fourth-order valence-electron chi connectivity index (χ4n) is 2.49. The van der Waals surface area contributed by atoms with Crippen LogP contribution in [0.4, 0.5) is 0 Å². The molecule has 1 saturated heterocycles. The van der Waals surface area contributed by atoms with Crippen molar-refractivity contribution < 1.29 is 4.74 Å². The molecule has 4 heteroatoms. The summed E-state index contributed by atoms with van der Waals surface area (Å²) in [5.74, 6) is 3.38. The average Bonchev–Trinajstić information content (AvgIpc) is 2.41. The first-order valence-corrected chi connectivity index (χ1v) is 7.58. The minimum Gasteiger partial charge on any atom is -0.496 e. The van der Waals surface area contributed by atoms with Crippen LogP contribution >= 0.6 is 11.8 Å². The van der Waals surface area contributed by atoms with Crippen molar-refractivity contribution in [2.24, 2.45) is 5.73 Å². The average molecular weight is 266 g/mol. The third-order valence-corrected chi connectivity index (χ3v) is 4.46. The zero-order valence-electron chi connectivity index (χ0n) is 11.2. The summed E-state index contributed by atoms with van der Waals surface area (Å²) < 4.78 is 5.31. The van der Waals surface area contributed by atoms with Crippen LogP contribution < -0.4 is 10.5 Å². The first kappa shape index (κ1) is 13.7. The number of hydrogen-bond acceptors (Lipinski definition) is 4. The van der Waals surface area contributed by atoms with Gasteiger partial charge in [-0.05, 0) is 24.1 Å². The summed E-state index contributed by atoms with van der Waals surface area (Å²) in [4.78, 5) is 2.50. The van der Waals surface area contributed by atoms with E-state index < -0.39 is 0 Å². The molecule has 2 N–H and O–H groups in total. The van der Waals surface area contributed by atoms with E-state index in [1.165, 1.54) is 22.6 Å². The van der Waals surface area contributed by atoms with Crippen molar-refractivity contribution in [1.29, 1.82) is 0 Å². The molecule has 2 rings (SSSR count). The molecule has 1 aromatic rings. The monoisotopic (exact) mass is 266 g/mol. The number of ether oxygens (including phenoxy) is 1. The molecule has 1 fully saturated rings. The minimum absolute atomic E-state index is 0.343. The maximum Gasteiger partial charge on any atom is 0.121 e. The summed E-state index contributed by atoms with van der Waals surface area (Å²) in [7, 11) is 1.71. The lowest BCUT2D eigenvalue weighted by Gasteiger charge is -2.34. The Bertz CT molecular complexity index is 391. The number of aryl methyl sites for hydroxylation is 1. The van der Waals surface area contributed by atoms with E-state index in [0.717, 1.165) is 18.8 Å². The highest BCUT2D eigenvalue weighted by Crippen LogP contribution is 2.27. The first-order valence-electron chi connectivity index (χ1n) is 6.42. The summed E-state index contributed by atoms with van der Waals surface area (Å²) in [5.41, 5.74) is 8.47. The minimum atomic E-state index is 0.343. The Morgan fingerprint density at radius 2 is 2.11 bits per heavy atom. The van der Waals surface area contributed by atoms with Gasteiger partial charge in [0, 0.05) is 37.2 Å². The van der Waals surface area contributed by atoms with Gasteiger partial charge < -0.3 is 10.5 Å². The summed E-state index contributed by atoms with van der Waals surface area (Å²) >= 11 is 2.03. The molecule has 0 aromatic heterocycles. The molecule has 0 spiro atoms. The van der Waals surface area contributed by atoms with Gasteiger partial charge in [-0.15, -0.1) is 0 Å². The van der Waals surface area contributed by atoms with Crippen LogP contribution in [0.15, 0.2) is 18.2 Å². The normalized spacial score (nSPS) is 18.6. The van der Waals surface area contributed by atoms with Crippen LogP contribution in [0, 0.1) is 6.92 Å². The molecular formula is C14H22N2OS. The summed E-state index contributed by atoms with van der Waals surface area (Å²) in [5, 5.41) is 0. The van der Waals surface area contributed by atoms with Crippen molar-refractivity contribution in [1.82, 2.24) is 4.90 Å². The predicted octanol–water partition coefficient (Wildman–Crippen LogP) is 2.05. The Labute approximate surface area is 114 Å². The van der Waals surface area contributed by atoms with Crippen LogP contribution in [0.2, 0.25) is 0 Å². The lowest BCUT2D eigenvalue weighted by molar-refractivity contribution is 0.223. The van der Waals surface area contributed by atoms with E-state index in [-0.39, 0.29) is 0 Å². The quantitative estimate of drug-likeness (QED) is 0.905. The van der Waals surface area contributed by atoms with Crippen molar-refractivity contribution in [2.75, 3.05) is 38.2 Å². The maximum absolute atomic E-state index is 5.98. The van der Waals surface area contributed by atoms with E-state index in [9.17, 15) is 0 Å². The van der Waals surface area contributed by atoms with Crippen LogP contribution in [0.1, 0.15) is 17.2 Å². The van der Waals surface area contributed by atoms with Gasteiger partial charge in [-0.2, -0.15) is 11.8 Å². The van der Waals surface area contributed by atoms with Gasteiger partial charge in [0.25, 0.3) is 0 Å². The summed E-state index contributed by atoms with van der Waals surface area (Å²) in [6.45, 7) is 5.04. The third kappa shape index (κ3) is 2.99. The molecule has 1 aliphatic rings. The first-order chi connectivity index (χ1) is 8.76. The number of benzene rings is 1. The zero-order chi connectivity index (χ0) is 13.0. The van der Waals surface area contributed by atoms with Crippen LogP contribution in [-0.2, 0) is 0 Å². The van der Waals surface area contributed by atoms with Crippen molar-refractivity contribution in [3.05, 3.63) is 29.3 Å². The number of thioether (sulfide) groups is 1. The summed E-state index contributed by atoms with van der Waals surface area (Å²) in [6, 6.07) is 6.74. The third-order valence-electron chi connectivity index (χ3n) is 3.51. The molecule has 3 nitrogen and oxygen atoms in total. The SMILES string of the molecule is COc1ccc(C(CN)N2CCSCC2)cc1C. The smallest absolute Gasteiger partial charge is 0.121 e. The molecular weight excluding hydrogens is 244 g/mol. The molecule has 0 aliphatic carbocycles. The van der Waals surface area contributed by atoms with Crippen LogP contribution in [-0.4, -0.2) is 43.1 Å². The van der Waals surface area contributed by atoms with Gasteiger partial charge in [-0.25, -0.2) is 0 Å². The van der Waals surface area contributed by atoms with Gasteiger partial charge in [0.15, 0.2) is 0 Å². The number of rotatable bonds is 4. The highest BCUT2D eigenvalue weighted by atomic mass is 32.2. The van der Waals surface area contributed by atoms with E-state index in [0.29, 0.717) is 12.6 Å². The van der Waals surface area contributed by atoms with E-state index >= 15 is 0 Å². The largest absolute Gasteiger partial charge is 0.496 e. The Hall–Kier alpha value is -0.710. The van der Waals surface area contributed by atoms with E-state index in [1.807, 2.05) is 17.8 Å². The van der Waals surface area contributed by atoms with Gasteiger partial charge >= 0.3 is 0 Å². The lowest BCUT2D eigenvalue weighted by atomic mass is 10.0. The highest BCUT2D eigenvalue weighted by Gasteiger charge is 2.21. The molecule has 1 unspecified atom stereocenters. The van der Waals surface area contributed by atoms with E-state index in [2.05, 4.69) is 24.0 Å². The number of nitrogens with zero attached hydrogens (tertiary/aromatic N) is 1. The fourth-order valence-corrected chi connectivity index (χ4v) is 3.43. The molecule has 1 aliphatic heterocycles. The molecule has 1 heterocycles. The van der Waals surface area contributed by atoms with Crippen LogP contribution in [0.5, 0.6) is 5.75 Å². The highest BCUT2D eigenvalue weighted by molar-refractivity contribution is 7.99. The van der Waals surface area contributed by atoms with Gasteiger partial charge in [0.1, 0.15) is 5.75 Å². The Kier molecular flexibility index (Phi) is 4.92. The predicted molar refractivity (Wildman–Crippen MR) is 78.4 cm³/mol. The topological polar surface area (TPSA) is 38.5 Å². The lowest BCUT2D eigenvalue weighted by Crippen LogP contribution is -2.39. The van der Waals surface area contributed by atoms with Gasteiger partial charge in [-0.1, -0.05) is 12.1 Å². The molecule has 1 aromatic carbocycles. The number of methoxy groups -OCH3 is 1. The van der Waals surface area contributed by atoms with Crippen molar-refractivity contribution in [2.45, 2.75) is 13.0 Å². The van der Waals surface area contributed by atoms with Gasteiger partial charge in [0.2, 0.25) is 0 Å². The molecule has 0 radical (unpaired) electrons. The molecule has 0 saturated carbocycles. The molecule has 1 atom stereocenters. The zero-order valence-corrected chi connectivity index (χ0v) is 12.0. The number of nitrogens with two attached hydrogens (primary N) is 1. The molecule has 0 amide bonds. The van der Waals surface area contributed by atoms with Crippen molar-refractivity contribution >= 4 is 11.8 Å². The standard InChI is InChI=1S/C14H22N2OS/c1-11-9-12(3-4-14(11)17-2)13(10-15)16-5-7-18-8-6-16/h3-4,9,13H,5-8,10,15H2,1-2H3. The fraction of sp³-hybridized carbons (Fsp3) is 0.571. The Balaban J connectivity index is 2.18. The van der Waals surface area contributed by atoms with Crippen molar-refractivity contribution in [3.8, 4) is 5.75 Å². The molecule has 18 heavy (non-hydrogen) atoms. The van der Waals surface area contributed by atoms with Gasteiger partial charge in [0.05, 0.1) is 7.11 Å². The summed E-state index contributed by atoms with van der Waals surface area (Å²) in [6.07, 6.45) is 0.